The van der Waals surface area contributed by atoms with Gasteiger partial charge in [-0.15, -0.1) is 11.3 Å². The van der Waals surface area contributed by atoms with Crippen molar-refractivity contribution < 1.29 is 8.42 Å². The number of anilines is 1. The molecule has 0 aliphatic carbocycles. The molecule has 102 valence electrons. The highest BCUT2D eigenvalue weighted by atomic mass is 35.5. The quantitative estimate of drug-likeness (QED) is 0.825. The van der Waals surface area contributed by atoms with E-state index in [4.69, 9.17) is 17.3 Å². The summed E-state index contributed by atoms with van der Waals surface area (Å²) in [5, 5.41) is 2.11. The summed E-state index contributed by atoms with van der Waals surface area (Å²) in [5.74, 6) is 0. The lowest BCUT2D eigenvalue weighted by molar-refractivity contribution is 0.581. The number of nitrogen functional groups attached to an aromatic ring is 1. The minimum atomic E-state index is -3.57. The Morgan fingerprint density at radius 2 is 2.21 bits per heavy atom. The Labute approximate surface area is 120 Å². The zero-order valence-electron chi connectivity index (χ0n) is 9.84. The fourth-order valence-electron chi connectivity index (χ4n) is 1.43. The second kappa shape index (κ2) is 5.87. The molecule has 5 nitrogen and oxygen atoms in total. The third-order valence-corrected chi connectivity index (χ3v) is 4.86. The number of nitrogens with two attached hydrogens (primary N) is 1. The molecular weight excluding hydrogens is 306 g/mol. The largest absolute Gasteiger partial charge is 0.398 e. The molecule has 2 aromatic rings. The second-order valence-corrected chi connectivity index (χ2v) is 6.70. The van der Waals surface area contributed by atoms with Gasteiger partial charge in [-0.3, -0.25) is 0 Å². The third kappa shape index (κ3) is 3.66. The molecule has 1 aromatic carbocycles. The number of rotatable bonds is 5. The Kier molecular flexibility index (Phi) is 4.41. The number of nitrogens with zero attached hydrogens (tertiary/aromatic N) is 1. The van der Waals surface area contributed by atoms with Crippen molar-refractivity contribution in [3.05, 3.63) is 39.8 Å². The molecule has 2 rings (SSSR count). The van der Waals surface area contributed by atoms with Gasteiger partial charge >= 0.3 is 0 Å². The average Bonchev–Trinajstić information content (AvgIpc) is 2.85. The Morgan fingerprint density at radius 3 is 2.84 bits per heavy atom. The van der Waals surface area contributed by atoms with Crippen molar-refractivity contribution in [1.29, 1.82) is 0 Å². The van der Waals surface area contributed by atoms with Crippen LogP contribution in [0.15, 0.2) is 34.0 Å². The van der Waals surface area contributed by atoms with Crippen LogP contribution in [0.25, 0.3) is 0 Å². The lowest BCUT2D eigenvalue weighted by Gasteiger charge is -2.07. The van der Waals surface area contributed by atoms with Crippen LogP contribution in [0.3, 0.4) is 0 Å². The van der Waals surface area contributed by atoms with Crippen molar-refractivity contribution in [2.24, 2.45) is 0 Å². The zero-order chi connectivity index (χ0) is 13.9. The Bertz CT molecular complexity index is 657. The van der Waals surface area contributed by atoms with Gasteiger partial charge in [0.2, 0.25) is 10.0 Å². The summed E-state index contributed by atoms with van der Waals surface area (Å²) in [6, 6.07) is 4.23. The van der Waals surface area contributed by atoms with Crippen LogP contribution >= 0.6 is 22.9 Å². The zero-order valence-corrected chi connectivity index (χ0v) is 12.2. The molecule has 0 amide bonds. The van der Waals surface area contributed by atoms with Gasteiger partial charge < -0.3 is 5.73 Å². The topological polar surface area (TPSA) is 85.1 Å². The van der Waals surface area contributed by atoms with E-state index < -0.39 is 10.0 Å². The van der Waals surface area contributed by atoms with Gasteiger partial charge in [0.15, 0.2) is 0 Å². The molecule has 19 heavy (non-hydrogen) atoms. The van der Waals surface area contributed by atoms with Gasteiger partial charge in [-0.1, -0.05) is 11.6 Å². The van der Waals surface area contributed by atoms with Gasteiger partial charge in [-0.25, -0.2) is 18.1 Å². The molecule has 0 radical (unpaired) electrons. The smallest absolute Gasteiger partial charge is 0.240 e. The molecular formula is C11H12ClN3O2S2. The van der Waals surface area contributed by atoms with Crippen molar-refractivity contribution in [1.82, 2.24) is 9.71 Å². The standard InChI is InChI=1S/C11H12ClN3O2S2/c12-10-5-9(1-2-11(10)13)19(16,17)15-4-3-8-6-18-7-14-8/h1-2,5-7,15H,3-4,13H2. The lowest BCUT2D eigenvalue weighted by Crippen LogP contribution is -2.26. The predicted molar refractivity (Wildman–Crippen MR) is 76.9 cm³/mol. The van der Waals surface area contributed by atoms with Crippen molar-refractivity contribution in [2.45, 2.75) is 11.3 Å². The molecule has 0 unspecified atom stereocenters. The molecule has 0 saturated heterocycles. The summed E-state index contributed by atoms with van der Waals surface area (Å²) in [6.45, 7) is 0.286. The summed E-state index contributed by atoms with van der Waals surface area (Å²) in [5.41, 5.74) is 8.47. The van der Waals surface area contributed by atoms with Crippen LogP contribution in [0.4, 0.5) is 5.69 Å². The number of aromatic nitrogens is 1. The van der Waals surface area contributed by atoms with Gasteiger partial charge in [0.25, 0.3) is 0 Å². The molecule has 0 spiro atoms. The van der Waals surface area contributed by atoms with E-state index >= 15 is 0 Å². The summed E-state index contributed by atoms with van der Waals surface area (Å²) in [7, 11) is -3.57. The minimum Gasteiger partial charge on any atom is -0.398 e. The minimum absolute atomic E-state index is 0.102. The highest BCUT2D eigenvalue weighted by molar-refractivity contribution is 7.89. The van der Waals surface area contributed by atoms with Gasteiger partial charge in [0, 0.05) is 18.3 Å². The first-order valence-electron chi connectivity index (χ1n) is 5.41. The molecule has 0 saturated carbocycles. The van der Waals surface area contributed by atoms with Crippen molar-refractivity contribution in [2.75, 3.05) is 12.3 Å². The van der Waals surface area contributed by atoms with Crippen LogP contribution in [0, 0.1) is 0 Å². The van der Waals surface area contributed by atoms with Gasteiger partial charge in [0.05, 0.1) is 26.8 Å². The molecule has 0 atom stereocenters. The number of sulfonamides is 1. The molecule has 0 fully saturated rings. The van der Waals surface area contributed by atoms with E-state index in [0.717, 1.165) is 5.69 Å². The number of thiazole rings is 1. The monoisotopic (exact) mass is 317 g/mol. The van der Waals surface area contributed by atoms with Crippen molar-refractivity contribution in [3.63, 3.8) is 0 Å². The lowest BCUT2D eigenvalue weighted by atomic mass is 10.3. The summed E-state index contributed by atoms with van der Waals surface area (Å²) >= 11 is 7.29. The normalized spacial score (nSPS) is 11.6. The summed E-state index contributed by atoms with van der Waals surface area (Å²) in [4.78, 5) is 4.18. The van der Waals surface area contributed by atoms with Crippen LogP contribution in [-0.2, 0) is 16.4 Å². The molecule has 0 bridgehead atoms. The maximum Gasteiger partial charge on any atom is 0.240 e. The van der Waals surface area contributed by atoms with Crippen molar-refractivity contribution >= 4 is 38.6 Å². The highest BCUT2D eigenvalue weighted by Crippen LogP contribution is 2.22. The predicted octanol–water partition coefficient (Wildman–Crippen LogP) is 1.90. The Hall–Kier alpha value is -1.15. The molecule has 0 aliphatic rings. The first kappa shape index (κ1) is 14.3. The average molecular weight is 318 g/mol. The Morgan fingerprint density at radius 1 is 1.42 bits per heavy atom. The molecule has 0 aliphatic heterocycles. The van der Waals surface area contributed by atoms with E-state index in [9.17, 15) is 8.42 Å². The number of hydrogen-bond donors (Lipinski definition) is 2. The molecule has 8 heteroatoms. The second-order valence-electron chi connectivity index (χ2n) is 3.81. The summed E-state index contributed by atoms with van der Waals surface area (Å²) < 4.78 is 26.5. The molecule has 1 heterocycles. The van der Waals surface area contributed by atoms with Crippen LogP contribution in [0.2, 0.25) is 5.02 Å². The molecule has 3 N–H and O–H groups in total. The van der Waals surface area contributed by atoms with Gasteiger partial charge in [-0.2, -0.15) is 0 Å². The number of nitrogens with one attached hydrogen (secondary N) is 1. The van der Waals surface area contributed by atoms with Crippen LogP contribution in [0.1, 0.15) is 5.69 Å². The number of hydrogen-bond acceptors (Lipinski definition) is 5. The van der Waals surface area contributed by atoms with E-state index in [1.165, 1.54) is 29.5 Å². The number of halogens is 1. The van der Waals surface area contributed by atoms with Crippen LogP contribution < -0.4 is 10.5 Å². The highest BCUT2D eigenvalue weighted by Gasteiger charge is 2.14. The fraction of sp³-hybridized carbons (Fsp3) is 0.182. The Balaban J connectivity index is 2.03. The van der Waals surface area contributed by atoms with Crippen molar-refractivity contribution in [3.8, 4) is 0 Å². The SMILES string of the molecule is Nc1ccc(S(=O)(=O)NCCc2cscn2)cc1Cl. The van der Waals surface area contributed by atoms with E-state index in [2.05, 4.69) is 9.71 Å². The van der Waals surface area contributed by atoms with E-state index in [0.29, 0.717) is 12.1 Å². The molecule has 1 aromatic heterocycles. The maximum atomic E-state index is 12.0. The number of benzene rings is 1. The van der Waals surface area contributed by atoms with E-state index in [-0.39, 0.29) is 16.5 Å². The van der Waals surface area contributed by atoms with E-state index in [1.807, 2.05) is 5.38 Å². The van der Waals surface area contributed by atoms with Gasteiger partial charge in [-0.05, 0) is 18.2 Å². The van der Waals surface area contributed by atoms with Gasteiger partial charge in [0.1, 0.15) is 0 Å². The first-order valence-corrected chi connectivity index (χ1v) is 8.21. The van der Waals surface area contributed by atoms with E-state index in [1.54, 1.807) is 5.51 Å². The fourth-order valence-corrected chi connectivity index (χ4v) is 3.33. The van der Waals surface area contributed by atoms with Crippen LogP contribution in [0.5, 0.6) is 0 Å². The maximum absolute atomic E-state index is 12.0. The van der Waals surface area contributed by atoms with Crippen LogP contribution in [-0.4, -0.2) is 19.9 Å². The third-order valence-electron chi connectivity index (χ3n) is 2.44. The summed E-state index contributed by atoms with van der Waals surface area (Å²) in [6.07, 6.45) is 0.547. The first-order chi connectivity index (χ1) is 8.99.